The Balaban J connectivity index is 2.22. The summed E-state index contributed by atoms with van der Waals surface area (Å²) in [6, 6.07) is 8.59. The van der Waals surface area contributed by atoms with Crippen molar-refractivity contribution in [2.45, 2.75) is 90.6 Å². The zero-order valence-electron chi connectivity index (χ0n) is 16.3. The highest BCUT2D eigenvalue weighted by atomic mass is 16.6. The molecule has 134 valence electrons. The first kappa shape index (κ1) is 19.0. The van der Waals surface area contributed by atoms with Gasteiger partial charge in [-0.25, -0.2) is 0 Å². The second-order valence-electron chi connectivity index (χ2n) is 9.34. The molecule has 1 fully saturated rings. The van der Waals surface area contributed by atoms with Crippen LogP contribution in [0, 0.1) is 5.92 Å². The lowest BCUT2D eigenvalue weighted by Gasteiger charge is -2.26. The predicted molar refractivity (Wildman–Crippen MR) is 100 cm³/mol. The van der Waals surface area contributed by atoms with Crippen LogP contribution < -0.4 is 0 Å². The second kappa shape index (κ2) is 7.29. The van der Waals surface area contributed by atoms with Gasteiger partial charge >= 0.3 is 5.97 Å². The summed E-state index contributed by atoms with van der Waals surface area (Å²) in [5.41, 5.74) is 2.10. The van der Waals surface area contributed by atoms with Crippen LogP contribution in [-0.2, 0) is 14.9 Å². The van der Waals surface area contributed by atoms with Crippen molar-refractivity contribution in [2.75, 3.05) is 0 Å². The summed E-state index contributed by atoms with van der Waals surface area (Å²) in [4.78, 5) is 12.8. The minimum Gasteiger partial charge on any atom is -0.459 e. The Kier molecular flexibility index (Phi) is 5.78. The molecule has 0 N–H and O–H groups in total. The zero-order chi connectivity index (χ0) is 18.0. The number of hydrogen-bond acceptors (Lipinski definition) is 2. The Morgan fingerprint density at radius 1 is 1.04 bits per heavy atom. The largest absolute Gasteiger partial charge is 0.459 e. The predicted octanol–water partition coefficient (Wildman–Crippen LogP) is 5.99. The number of benzene rings is 1. The maximum Gasteiger partial charge on any atom is 0.313 e. The topological polar surface area (TPSA) is 26.3 Å². The maximum absolute atomic E-state index is 12.8. The van der Waals surface area contributed by atoms with Crippen molar-refractivity contribution < 1.29 is 9.53 Å². The van der Waals surface area contributed by atoms with Gasteiger partial charge in [-0.1, -0.05) is 70.7 Å². The van der Waals surface area contributed by atoms with Gasteiger partial charge in [0, 0.05) is 0 Å². The fourth-order valence-electron chi connectivity index (χ4n) is 3.54. The molecule has 1 aliphatic rings. The Morgan fingerprint density at radius 2 is 1.58 bits per heavy atom. The molecule has 1 atom stereocenters. The summed E-state index contributed by atoms with van der Waals surface area (Å²) >= 11 is 0. The number of carbonyl (C=O) groups is 1. The van der Waals surface area contributed by atoms with Crippen molar-refractivity contribution in [1.29, 1.82) is 0 Å². The van der Waals surface area contributed by atoms with Gasteiger partial charge in [-0.2, -0.15) is 0 Å². The number of carbonyl (C=O) groups excluding carboxylic acids is 1. The standard InChI is InChI=1S/C22H34O2/c1-21(2,3)18-13-11-17(12-14-18)19(15-16-9-7-8-10-16)20(23)24-22(4,5)6/h11-14,16,19H,7-10,15H2,1-6H3. The van der Waals surface area contributed by atoms with Gasteiger partial charge in [0.25, 0.3) is 0 Å². The van der Waals surface area contributed by atoms with Crippen molar-refractivity contribution in [2.24, 2.45) is 5.92 Å². The summed E-state index contributed by atoms with van der Waals surface area (Å²) in [5, 5.41) is 0. The fraction of sp³-hybridized carbons (Fsp3) is 0.682. The van der Waals surface area contributed by atoms with E-state index < -0.39 is 5.60 Å². The summed E-state index contributed by atoms with van der Waals surface area (Å²) in [5.74, 6) is 0.448. The van der Waals surface area contributed by atoms with Crippen LogP contribution in [0.3, 0.4) is 0 Å². The van der Waals surface area contributed by atoms with Gasteiger partial charge in [-0.15, -0.1) is 0 Å². The lowest BCUT2D eigenvalue weighted by molar-refractivity contribution is -0.157. The number of hydrogen-bond donors (Lipinski definition) is 0. The molecule has 1 unspecified atom stereocenters. The molecular formula is C22H34O2. The van der Waals surface area contributed by atoms with E-state index in [1.165, 1.54) is 31.2 Å². The Labute approximate surface area is 148 Å². The van der Waals surface area contributed by atoms with E-state index in [4.69, 9.17) is 4.74 Å². The van der Waals surface area contributed by atoms with Gasteiger partial charge in [-0.3, -0.25) is 4.79 Å². The number of esters is 1. The first-order valence-electron chi connectivity index (χ1n) is 9.39. The molecule has 0 aliphatic heterocycles. The van der Waals surface area contributed by atoms with E-state index in [2.05, 4.69) is 45.0 Å². The molecule has 2 heteroatoms. The van der Waals surface area contributed by atoms with E-state index in [0.29, 0.717) is 5.92 Å². The SMILES string of the molecule is CC(C)(C)OC(=O)C(CC1CCCC1)c1ccc(C(C)(C)C)cc1. The first-order valence-corrected chi connectivity index (χ1v) is 9.39. The zero-order valence-corrected chi connectivity index (χ0v) is 16.3. The molecule has 0 amide bonds. The molecule has 0 heterocycles. The van der Waals surface area contributed by atoms with Crippen LogP contribution in [0.15, 0.2) is 24.3 Å². The summed E-state index contributed by atoms with van der Waals surface area (Å²) in [6.07, 6.45) is 6.02. The van der Waals surface area contributed by atoms with E-state index in [1.54, 1.807) is 0 Å². The third kappa shape index (κ3) is 5.36. The number of rotatable bonds is 4. The van der Waals surface area contributed by atoms with Crippen molar-refractivity contribution >= 4 is 5.97 Å². The highest BCUT2D eigenvalue weighted by Crippen LogP contribution is 2.36. The third-order valence-electron chi connectivity index (χ3n) is 4.91. The van der Waals surface area contributed by atoms with Crippen molar-refractivity contribution in [3.05, 3.63) is 35.4 Å². The highest BCUT2D eigenvalue weighted by molar-refractivity contribution is 5.78. The normalized spacial score (nSPS) is 17.8. The highest BCUT2D eigenvalue weighted by Gasteiger charge is 2.30. The lowest BCUT2D eigenvalue weighted by Crippen LogP contribution is -2.28. The van der Waals surface area contributed by atoms with Gasteiger partial charge < -0.3 is 4.74 Å². The molecule has 0 radical (unpaired) electrons. The fourth-order valence-corrected chi connectivity index (χ4v) is 3.54. The smallest absolute Gasteiger partial charge is 0.313 e. The van der Waals surface area contributed by atoms with E-state index in [1.807, 2.05) is 20.8 Å². The van der Waals surface area contributed by atoms with E-state index in [-0.39, 0.29) is 17.3 Å². The van der Waals surface area contributed by atoms with Gasteiger partial charge in [0.15, 0.2) is 0 Å². The molecule has 0 saturated heterocycles. The molecule has 24 heavy (non-hydrogen) atoms. The van der Waals surface area contributed by atoms with Crippen LogP contribution in [0.5, 0.6) is 0 Å². The molecule has 1 aliphatic carbocycles. The molecule has 1 aromatic carbocycles. The molecular weight excluding hydrogens is 296 g/mol. The molecule has 1 aromatic rings. The molecule has 0 aromatic heterocycles. The van der Waals surface area contributed by atoms with Crippen molar-refractivity contribution in [1.82, 2.24) is 0 Å². The summed E-state index contributed by atoms with van der Waals surface area (Å²) in [6.45, 7) is 12.5. The van der Waals surface area contributed by atoms with Crippen LogP contribution in [0.25, 0.3) is 0 Å². The molecule has 2 nitrogen and oxygen atoms in total. The van der Waals surface area contributed by atoms with Gasteiger partial charge in [0.2, 0.25) is 0 Å². The lowest BCUT2D eigenvalue weighted by atomic mass is 9.83. The van der Waals surface area contributed by atoms with Gasteiger partial charge in [0.1, 0.15) is 5.60 Å². The minimum absolute atomic E-state index is 0.0714. The average Bonchev–Trinajstić information content (AvgIpc) is 2.95. The van der Waals surface area contributed by atoms with Crippen LogP contribution in [-0.4, -0.2) is 11.6 Å². The average molecular weight is 331 g/mol. The van der Waals surface area contributed by atoms with E-state index >= 15 is 0 Å². The first-order chi connectivity index (χ1) is 11.1. The van der Waals surface area contributed by atoms with Gasteiger partial charge in [-0.05, 0) is 49.7 Å². The quantitative estimate of drug-likeness (QED) is 0.634. The third-order valence-corrected chi connectivity index (χ3v) is 4.91. The Morgan fingerprint density at radius 3 is 2.04 bits per heavy atom. The van der Waals surface area contributed by atoms with Crippen LogP contribution in [0.2, 0.25) is 0 Å². The van der Waals surface area contributed by atoms with Crippen molar-refractivity contribution in [3.8, 4) is 0 Å². The monoisotopic (exact) mass is 330 g/mol. The van der Waals surface area contributed by atoms with Crippen LogP contribution in [0.4, 0.5) is 0 Å². The van der Waals surface area contributed by atoms with E-state index in [0.717, 1.165) is 12.0 Å². The Hall–Kier alpha value is -1.31. The molecule has 2 rings (SSSR count). The molecule has 1 saturated carbocycles. The molecule has 0 spiro atoms. The summed E-state index contributed by atoms with van der Waals surface area (Å²) in [7, 11) is 0. The van der Waals surface area contributed by atoms with E-state index in [9.17, 15) is 4.79 Å². The molecule has 0 bridgehead atoms. The van der Waals surface area contributed by atoms with Gasteiger partial charge in [0.05, 0.1) is 5.92 Å². The Bertz CT molecular complexity index is 537. The number of ether oxygens (including phenoxy) is 1. The minimum atomic E-state index is -0.434. The summed E-state index contributed by atoms with van der Waals surface area (Å²) < 4.78 is 5.72. The van der Waals surface area contributed by atoms with Crippen LogP contribution in [0.1, 0.15) is 90.7 Å². The maximum atomic E-state index is 12.8. The van der Waals surface area contributed by atoms with Crippen molar-refractivity contribution in [3.63, 3.8) is 0 Å². The second-order valence-corrected chi connectivity index (χ2v) is 9.34. The van der Waals surface area contributed by atoms with Crippen LogP contribution >= 0.6 is 0 Å².